The molecule has 0 spiro atoms. The Labute approximate surface area is 103 Å². The highest BCUT2D eigenvalue weighted by Gasteiger charge is 2.13. The second-order valence-electron chi connectivity index (χ2n) is 4.63. The molecule has 92 valence electrons. The molecule has 4 heteroatoms. The van der Waals surface area contributed by atoms with Crippen molar-refractivity contribution in [3.05, 3.63) is 15.6 Å². The first kappa shape index (κ1) is 13.6. The van der Waals surface area contributed by atoms with Crippen LogP contribution in [0.25, 0.3) is 0 Å². The van der Waals surface area contributed by atoms with E-state index in [9.17, 15) is 0 Å². The van der Waals surface area contributed by atoms with Gasteiger partial charge in [-0.3, -0.25) is 0 Å². The van der Waals surface area contributed by atoms with Crippen LogP contribution in [-0.4, -0.2) is 36.6 Å². The van der Waals surface area contributed by atoms with Crippen LogP contribution in [0.15, 0.2) is 0 Å². The summed E-state index contributed by atoms with van der Waals surface area (Å²) in [5.74, 6) is 0. The molecule has 0 aliphatic heterocycles. The van der Waals surface area contributed by atoms with Gasteiger partial charge in [0, 0.05) is 23.5 Å². The molecule has 1 aromatic heterocycles. The Balaban J connectivity index is 2.53. The van der Waals surface area contributed by atoms with Crippen LogP contribution in [0.4, 0.5) is 0 Å². The average Bonchev–Trinajstić information content (AvgIpc) is 2.53. The third-order valence-electron chi connectivity index (χ3n) is 2.93. The molecule has 1 rings (SSSR count). The molecule has 2 unspecified atom stereocenters. The van der Waals surface area contributed by atoms with Crippen LogP contribution in [0.2, 0.25) is 0 Å². The van der Waals surface area contributed by atoms with Gasteiger partial charge in [0.05, 0.1) is 10.7 Å². The molecule has 2 atom stereocenters. The van der Waals surface area contributed by atoms with Crippen molar-refractivity contribution in [2.24, 2.45) is 0 Å². The van der Waals surface area contributed by atoms with E-state index in [-0.39, 0.29) is 0 Å². The second kappa shape index (κ2) is 5.75. The fourth-order valence-electron chi connectivity index (χ4n) is 1.57. The fourth-order valence-corrected chi connectivity index (χ4v) is 2.53. The van der Waals surface area contributed by atoms with Crippen molar-refractivity contribution in [2.45, 2.75) is 39.8 Å². The molecule has 0 aliphatic carbocycles. The van der Waals surface area contributed by atoms with Gasteiger partial charge in [-0.25, -0.2) is 4.98 Å². The van der Waals surface area contributed by atoms with Crippen LogP contribution >= 0.6 is 11.3 Å². The van der Waals surface area contributed by atoms with Gasteiger partial charge in [0.15, 0.2) is 0 Å². The quantitative estimate of drug-likeness (QED) is 0.858. The largest absolute Gasteiger partial charge is 0.308 e. The summed E-state index contributed by atoms with van der Waals surface area (Å²) in [7, 11) is 4.22. The molecule has 0 radical (unpaired) electrons. The second-order valence-corrected chi connectivity index (χ2v) is 5.86. The first-order valence-corrected chi connectivity index (χ1v) is 6.57. The normalized spacial score (nSPS) is 15.4. The van der Waals surface area contributed by atoms with Gasteiger partial charge in [-0.05, 0) is 41.8 Å². The number of rotatable bonds is 5. The first-order valence-electron chi connectivity index (χ1n) is 5.75. The summed E-state index contributed by atoms with van der Waals surface area (Å²) in [5, 5.41) is 4.72. The Morgan fingerprint density at radius 3 is 2.38 bits per heavy atom. The van der Waals surface area contributed by atoms with E-state index in [4.69, 9.17) is 0 Å². The number of thiazole rings is 1. The van der Waals surface area contributed by atoms with E-state index in [0.717, 1.165) is 11.6 Å². The molecule has 0 aliphatic rings. The van der Waals surface area contributed by atoms with Crippen LogP contribution in [0.5, 0.6) is 0 Å². The Bertz CT molecular complexity index is 333. The number of hydrogen-bond donors (Lipinski definition) is 1. The van der Waals surface area contributed by atoms with Gasteiger partial charge in [0.2, 0.25) is 0 Å². The molecule has 1 aromatic rings. The summed E-state index contributed by atoms with van der Waals surface area (Å²) in [5.41, 5.74) is 1.17. The lowest BCUT2D eigenvalue weighted by Gasteiger charge is -2.22. The molecule has 1 N–H and O–H groups in total. The van der Waals surface area contributed by atoms with Crippen LogP contribution in [-0.2, 0) is 0 Å². The van der Waals surface area contributed by atoms with E-state index < -0.39 is 0 Å². The molecule has 3 nitrogen and oxygen atoms in total. The highest BCUT2D eigenvalue weighted by atomic mass is 32.1. The minimum absolute atomic E-state index is 0.397. The number of nitrogens with one attached hydrogen (secondary N) is 1. The van der Waals surface area contributed by atoms with Gasteiger partial charge in [0.25, 0.3) is 0 Å². The van der Waals surface area contributed by atoms with Crippen molar-refractivity contribution < 1.29 is 0 Å². The average molecular weight is 241 g/mol. The van der Waals surface area contributed by atoms with Gasteiger partial charge in [0.1, 0.15) is 0 Å². The molecule has 0 fully saturated rings. The van der Waals surface area contributed by atoms with Crippen LogP contribution < -0.4 is 5.32 Å². The molecular weight excluding hydrogens is 218 g/mol. The van der Waals surface area contributed by atoms with Crippen LogP contribution in [0.1, 0.15) is 35.5 Å². The minimum atomic E-state index is 0.397. The summed E-state index contributed by atoms with van der Waals surface area (Å²) in [6.07, 6.45) is 0. The smallest absolute Gasteiger partial charge is 0.0900 e. The Hall–Kier alpha value is -0.450. The van der Waals surface area contributed by atoms with Crippen molar-refractivity contribution in [2.75, 3.05) is 20.6 Å². The summed E-state index contributed by atoms with van der Waals surface area (Å²) < 4.78 is 0. The highest BCUT2D eigenvalue weighted by Crippen LogP contribution is 2.24. The number of aromatic nitrogens is 1. The van der Waals surface area contributed by atoms with Crippen molar-refractivity contribution >= 4 is 11.3 Å². The first-order chi connectivity index (χ1) is 7.41. The standard InChI is InChI=1S/C12H23N3S/c1-8(15(5)6)7-13-9(2)12-10(3)14-11(4)16-12/h8-9,13H,7H2,1-6H3. The number of nitrogens with zero attached hydrogens (tertiary/aromatic N) is 2. The van der Waals surface area contributed by atoms with E-state index in [1.165, 1.54) is 10.6 Å². The lowest BCUT2D eigenvalue weighted by Crippen LogP contribution is -2.36. The maximum Gasteiger partial charge on any atom is 0.0900 e. The summed E-state index contributed by atoms with van der Waals surface area (Å²) in [6.45, 7) is 9.60. The van der Waals surface area contributed by atoms with Crippen molar-refractivity contribution in [3.8, 4) is 0 Å². The molecule has 0 amide bonds. The van der Waals surface area contributed by atoms with Gasteiger partial charge in [-0.2, -0.15) is 0 Å². The van der Waals surface area contributed by atoms with Gasteiger partial charge in [-0.1, -0.05) is 0 Å². The van der Waals surface area contributed by atoms with Crippen molar-refractivity contribution in [1.82, 2.24) is 15.2 Å². The third kappa shape index (κ3) is 3.54. The lowest BCUT2D eigenvalue weighted by atomic mass is 10.2. The molecule has 1 heterocycles. The van der Waals surface area contributed by atoms with E-state index in [2.05, 4.69) is 57.0 Å². The summed E-state index contributed by atoms with van der Waals surface area (Å²) in [4.78, 5) is 8.05. The predicted molar refractivity (Wildman–Crippen MR) is 71.2 cm³/mol. The Kier molecular flexibility index (Phi) is 4.89. The zero-order chi connectivity index (χ0) is 12.3. The molecule has 0 bridgehead atoms. The molecular formula is C12H23N3S. The SMILES string of the molecule is Cc1nc(C)c(C(C)NCC(C)N(C)C)s1. The van der Waals surface area contributed by atoms with Crippen molar-refractivity contribution in [1.29, 1.82) is 0 Å². The monoisotopic (exact) mass is 241 g/mol. The molecule has 16 heavy (non-hydrogen) atoms. The minimum Gasteiger partial charge on any atom is -0.308 e. The maximum absolute atomic E-state index is 4.46. The highest BCUT2D eigenvalue weighted by molar-refractivity contribution is 7.11. The van der Waals surface area contributed by atoms with E-state index >= 15 is 0 Å². The summed E-state index contributed by atoms with van der Waals surface area (Å²) in [6, 6.07) is 0.949. The Morgan fingerprint density at radius 2 is 1.94 bits per heavy atom. The number of hydrogen-bond acceptors (Lipinski definition) is 4. The zero-order valence-corrected chi connectivity index (χ0v) is 12.0. The van der Waals surface area contributed by atoms with Crippen molar-refractivity contribution in [3.63, 3.8) is 0 Å². The lowest BCUT2D eigenvalue weighted by molar-refractivity contribution is 0.296. The topological polar surface area (TPSA) is 28.2 Å². The van der Waals surface area contributed by atoms with Crippen LogP contribution in [0, 0.1) is 13.8 Å². The Morgan fingerprint density at radius 1 is 1.31 bits per heavy atom. The predicted octanol–water partition coefficient (Wildman–Crippen LogP) is 2.36. The number of likely N-dealkylation sites (N-methyl/N-ethyl adjacent to an activating group) is 1. The van der Waals surface area contributed by atoms with Gasteiger partial charge < -0.3 is 10.2 Å². The van der Waals surface area contributed by atoms with E-state index in [1.807, 2.05) is 0 Å². The fraction of sp³-hybridized carbons (Fsp3) is 0.750. The van der Waals surface area contributed by atoms with E-state index in [0.29, 0.717) is 12.1 Å². The number of aryl methyl sites for hydroxylation is 2. The molecule has 0 saturated heterocycles. The van der Waals surface area contributed by atoms with Gasteiger partial charge in [-0.15, -0.1) is 11.3 Å². The summed E-state index contributed by atoms with van der Waals surface area (Å²) >= 11 is 1.80. The van der Waals surface area contributed by atoms with Crippen LogP contribution in [0.3, 0.4) is 0 Å². The third-order valence-corrected chi connectivity index (χ3v) is 4.19. The molecule has 0 saturated carbocycles. The van der Waals surface area contributed by atoms with Gasteiger partial charge >= 0.3 is 0 Å². The zero-order valence-electron chi connectivity index (χ0n) is 11.2. The maximum atomic E-state index is 4.46. The van der Waals surface area contributed by atoms with E-state index in [1.54, 1.807) is 11.3 Å². The molecule has 0 aromatic carbocycles.